The topological polar surface area (TPSA) is 51.0 Å². The third kappa shape index (κ3) is 3.04. The monoisotopic (exact) mass is 321 g/mol. The van der Waals surface area contributed by atoms with Crippen LogP contribution in [-0.2, 0) is 6.54 Å². The predicted molar refractivity (Wildman–Crippen MR) is 76.5 cm³/mol. The van der Waals surface area contributed by atoms with Gasteiger partial charge in [0.25, 0.3) is 0 Å². The second-order valence-electron chi connectivity index (χ2n) is 4.84. The van der Waals surface area contributed by atoms with Gasteiger partial charge < -0.3 is 9.73 Å². The first-order chi connectivity index (χ1) is 9.33. The molecule has 1 aromatic carbocycles. The van der Waals surface area contributed by atoms with E-state index >= 15 is 0 Å². The highest BCUT2D eigenvalue weighted by molar-refractivity contribution is 9.10. The lowest BCUT2D eigenvalue weighted by atomic mass is 10.2. The molecule has 1 aliphatic carbocycles. The highest BCUT2D eigenvalue weighted by Crippen LogP contribution is 2.26. The van der Waals surface area contributed by atoms with Crippen LogP contribution in [0.3, 0.4) is 0 Å². The lowest BCUT2D eigenvalue weighted by Gasteiger charge is -2.08. The predicted octanol–water partition coefficient (Wildman–Crippen LogP) is 3.53. The molecule has 2 aromatic rings. The summed E-state index contributed by atoms with van der Waals surface area (Å²) >= 11 is 3.49. The van der Waals surface area contributed by atoms with Crippen LogP contribution in [0, 0.1) is 0 Å². The van der Waals surface area contributed by atoms with Crippen molar-refractivity contribution in [1.29, 1.82) is 0 Å². The average molecular weight is 322 g/mol. The van der Waals surface area contributed by atoms with E-state index in [1.54, 1.807) is 0 Å². The molecule has 0 amide bonds. The molecule has 1 heterocycles. The van der Waals surface area contributed by atoms with E-state index in [1.165, 1.54) is 25.7 Å². The molecular formula is C14H16BrN3O. The summed E-state index contributed by atoms with van der Waals surface area (Å²) in [7, 11) is 0. The van der Waals surface area contributed by atoms with E-state index in [0.717, 1.165) is 10.0 Å². The molecule has 100 valence electrons. The van der Waals surface area contributed by atoms with E-state index in [-0.39, 0.29) is 0 Å². The van der Waals surface area contributed by atoms with Gasteiger partial charge in [-0.1, -0.05) is 25.0 Å². The van der Waals surface area contributed by atoms with Crippen LogP contribution in [0.5, 0.6) is 0 Å². The smallest absolute Gasteiger partial charge is 0.248 e. The molecule has 1 fully saturated rings. The molecule has 1 aliphatic rings. The van der Waals surface area contributed by atoms with Crippen LogP contribution in [0.15, 0.2) is 33.2 Å². The van der Waals surface area contributed by atoms with Crippen LogP contribution >= 0.6 is 15.9 Å². The lowest BCUT2D eigenvalue weighted by Crippen LogP contribution is -2.25. The molecule has 1 saturated carbocycles. The van der Waals surface area contributed by atoms with E-state index in [2.05, 4.69) is 31.4 Å². The Balaban J connectivity index is 1.67. The van der Waals surface area contributed by atoms with Crippen LogP contribution in [-0.4, -0.2) is 16.2 Å². The maximum atomic E-state index is 5.70. The molecule has 0 spiro atoms. The van der Waals surface area contributed by atoms with Gasteiger partial charge in [0.1, 0.15) is 0 Å². The third-order valence-corrected chi connectivity index (χ3v) is 4.16. The molecule has 19 heavy (non-hydrogen) atoms. The largest absolute Gasteiger partial charge is 0.419 e. The van der Waals surface area contributed by atoms with Crippen LogP contribution < -0.4 is 5.32 Å². The third-order valence-electron chi connectivity index (χ3n) is 3.47. The van der Waals surface area contributed by atoms with E-state index < -0.39 is 0 Å². The zero-order valence-electron chi connectivity index (χ0n) is 10.6. The minimum atomic E-state index is 0.565. The Labute approximate surface area is 120 Å². The molecule has 0 unspecified atom stereocenters. The number of nitrogens with one attached hydrogen (secondary N) is 1. The maximum absolute atomic E-state index is 5.70. The molecule has 5 heteroatoms. The number of hydrogen-bond donors (Lipinski definition) is 1. The Morgan fingerprint density at radius 2 is 2.00 bits per heavy atom. The normalized spacial score (nSPS) is 16.1. The Hall–Kier alpha value is -1.20. The standard InChI is InChI=1S/C14H16BrN3O/c15-12-8-4-3-7-11(12)14-18-17-13(19-14)9-16-10-5-1-2-6-10/h3-4,7-8,10,16H,1-2,5-6,9H2. The van der Waals surface area contributed by atoms with Crippen molar-refractivity contribution in [3.05, 3.63) is 34.6 Å². The summed E-state index contributed by atoms with van der Waals surface area (Å²) in [5.41, 5.74) is 0.933. The van der Waals surface area contributed by atoms with Crippen LogP contribution in [0.25, 0.3) is 11.5 Å². The van der Waals surface area contributed by atoms with E-state index in [9.17, 15) is 0 Å². The highest BCUT2D eigenvalue weighted by atomic mass is 79.9. The Kier molecular flexibility index (Phi) is 3.94. The fourth-order valence-corrected chi connectivity index (χ4v) is 2.88. The SMILES string of the molecule is Brc1ccccc1-c1nnc(CNC2CCCC2)o1. The van der Waals surface area contributed by atoms with Gasteiger partial charge in [-0.15, -0.1) is 10.2 Å². The Morgan fingerprint density at radius 3 is 2.79 bits per heavy atom. The van der Waals surface area contributed by atoms with Crippen molar-refractivity contribution in [3.8, 4) is 11.5 Å². The molecule has 1 aromatic heterocycles. The van der Waals surface area contributed by atoms with Gasteiger partial charge in [0.15, 0.2) is 0 Å². The van der Waals surface area contributed by atoms with Crippen molar-refractivity contribution in [3.63, 3.8) is 0 Å². The minimum Gasteiger partial charge on any atom is -0.419 e. The molecule has 1 N–H and O–H groups in total. The van der Waals surface area contributed by atoms with Crippen molar-refractivity contribution >= 4 is 15.9 Å². The molecule has 3 rings (SSSR count). The number of benzene rings is 1. The molecule has 0 radical (unpaired) electrons. The van der Waals surface area contributed by atoms with Gasteiger partial charge in [-0.25, -0.2) is 0 Å². The van der Waals surface area contributed by atoms with Gasteiger partial charge in [-0.2, -0.15) is 0 Å². The summed E-state index contributed by atoms with van der Waals surface area (Å²) in [4.78, 5) is 0. The van der Waals surface area contributed by atoms with Crippen molar-refractivity contribution in [2.45, 2.75) is 38.3 Å². The molecular weight excluding hydrogens is 306 g/mol. The number of nitrogens with zero attached hydrogens (tertiary/aromatic N) is 2. The second kappa shape index (κ2) is 5.84. The fraction of sp³-hybridized carbons (Fsp3) is 0.429. The van der Waals surface area contributed by atoms with E-state index in [1.807, 2.05) is 24.3 Å². The van der Waals surface area contributed by atoms with Crippen molar-refractivity contribution in [2.75, 3.05) is 0 Å². The zero-order valence-corrected chi connectivity index (χ0v) is 12.2. The van der Waals surface area contributed by atoms with Crippen LogP contribution in [0.2, 0.25) is 0 Å². The number of halogens is 1. The summed E-state index contributed by atoms with van der Waals surface area (Å²) in [6.07, 6.45) is 5.16. The van der Waals surface area contributed by atoms with Gasteiger partial charge in [0.2, 0.25) is 11.8 Å². The fourth-order valence-electron chi connectivity index (χ4n) is 2.43. The molecule has 0 atom stereocenters. The van der Waals surface area contributed by atoms with Gasteiger partial charge in [-0.3, -0.25) is 0 Å². The van der Waals surface area contributed by atoms with Crippen molar-refractivity contribution in [1.82, 2.24) is 15.5 Å². The maximum Gasteiger partial charge on any atom is 0.248 e. The number of aromatic nitrogens is 2. The van der Waals surface area contributed by atoms with Gasteiger partial charge in [0, 0.05) is 10.5 Å². The Bertz CT molecular complexity index is 549. The Morgan fingerprint density at radius 1 is 1.21 bits per heavy atom. The zero-order chi connectivity index (χ0) is 13.1. The molecule has 0 saturated heterocycles. The minimum absolute atomic E-state index is 0.565. The summed E-state index contributed by atoms with van der Waals surface area (Å²) in [6, 6.07) is 8.47. The quantitative estimate of drug-likeness (QED) is 0.935. The molecule has 0 aliphatic heterocycles. The van der Waals surface area contributed by atoms with Gasteiger partial charge >= 0.3 is 0 Å². The summed E-state index contributed by atoms with van der Waals surface area (Å²) in [6.45, 7) is 0.655. The molecule has 4 nitrogen and oxygen atoms in total. The van der Waals surface area contributed by atoms with E-state index in [4.69, 9.17) is 4.42 Å². The summed E-state index contributed by atoms with van der Waals surface area (Å²) < 4.78 is 6.66. The van der Waals surface area contributed by atoms with E-state index in [0.29, 0.717) is 24.4 Å². The second-order valence-corrected chi connectivity index (χ2v) is 5.70. The first-order valence-electron chi connectivity index (χ1n) is 6.63. The van der Waals surface area contributed by atoms with Crippen LogP contribution in [0.4, 0.5) is 0 Å². The van der Waals surface area contributed by atoms with Crippen LogP contribution in [0.1, 0.15) is 31.6 Å². The van der Waals surface area contributed by atoms with Gasteiger partial charge in [-0.05, 0) is 40.9 Å². The first-order valence-corrected chi connectivity index (χ1v) is 7.43. The summed E-state index contributed by atoms with van der Waals surface area (Å²) in [5.74, 6) is 1.22. The average Bonchev–Trinajstić information content (AvgIpc) is 3.08. The number of hydrogen-bond acceptors (Lipinski definition) is 4. The number of rotatable bonds is 4. The van der Waals surface area contributed by atoms with Gasteiger partial charge in [0.05, 0.1) is 12.1 Å². The highest BCUT2D eigenvalue weighted by Gasteiger charge is 2.16. The molecule has 0 bridgehead atoms. The summed E-state index contributed by atoms with van der Waals surface area (Å²) in [5, 5.41) is 11.7. The first kappa shape index (κ1) is 12.8. The van der Waals surface area contributed by atoms with Crippen molar-refractivity contribution < 1.29 is 4.42 Å². The van der Waals surface area contributed by atoms with Crippen molar-refractivity contribution in [2.24, 2.45) is 0 Å². The lowest BCUT2D eigenvalue weighted by molar-refractivity contribution is 0.440.